The van der Waals surface area contributed by atoms with Gasteiger partial charge < -0.3 is 4.90 Å². The van der Waals surface area contributed by atoms with Crippen molar-refractivity contribution in [1.29, 1.82) is 0 Å². The van der Waals surface area contributed by atoms with Gasteiger partial charge in [0.2, 0.25) is 0 Å². The fraction of sp³-hybridized carbons (Fsp3) is 0.300. The molecule has 0 bridgehead atoms. The number of carbonyl (C=O) groups excluding carboxylic acids is 2. The Morgan fingerprint density at radius 1 is 0.815 bits per heavy atom. The lowest BCUT2D eigenvalue weighted by Gasteiger charge is -2.34. The molecule has 1 saturated heterocycles. The Bertz CT molecular complexity index is 796. The summed E-state index contributed by atoms with van der Waals surface area (Å²) in [5, 5.41) is 0. The molecule has 0 saturated carbocycles. The van der Waals surface area contributed by atoms with Gasteiger partial charge in [-0.15, -0.1) is 0 Å². The molecule has 1 heterocycles. The Hall–Kier alpha value is -2.67. The van der Waals surface area contributed by atoms with E-state index < -0.39 is 11.7 Å². The number of rotatable bonds is 4. The molecule has 7 heteroatoms. The van der Waals surface area contributed by atoms with Gasteiger partial charge in [0.15, 0.2) is 5.78 Å². The predicted octanol–water partition coefficient (Wildman–Crippen LogP) is 3.35. The highest BCUT2D eigenvalue weighted by molar-refractivity contribution is 5.97. The van der Waals surface area contributed by atoms with Crippen molar-refractivity contribution in [3.8, 4) is 0 Å². The minimum absolute atomic E-state index is 0.0260. The SMILES string of the molecule is O=C(CN1CCN(C(=O)c2ccc(C(F)(F)F)cc2)CC1)c1ccccc1. The first-order valence-electron chi connectivity index (χ1n) is 8.62. The van der Waals surface area contributed by atoms with Crippen molar-refractivity contribution in [3.63, 3.8) is 0 Å². The lowest BCUT2D eigenvalue weighted by molar-refractivity contribution is -0.137. The fourth-order valence-corrected chi connectivity index (χ4v) is 3.01. The number of Topliss-reactive ketones (excluding diaryl/α,β-unsaturated/α-hetero) is 1. The monoisotopic (exact) mass is 376 g/mol. The summed E-state index contributed by atoms with van der Waals surface area (Å²) >= 11 is 0. The molecule has 3 rings (SSSR count). The van der Waals surface area contributed by atoms with Crippen LogP contribution in [-0.2, 0) is 6.18 Å². The molecule has 1 aliphatic heterocycles. The summed E-state index contributed by atoms with van der Waals surface area (Å²) < 4.78 is 37.9. The third-order valence-corrected chi connectivity index (χ3v) is 4.58. The van der Waals surface area contributed by atoms with Crippen molar-refractivity contribution >= 4 is 11.7 Å². The van der Waals surface area contributed by atoms with Gasteiger partial charge in [-0.05, 0) is 24.3 Å². The zero-order valence-corrected chi connectivity index (χ0v) is 14.6. The summed E-state index contributed by atoms with van der Waals surface area (Å²) in [4.78, 5) is 28.3. The third-order valence-electron chi connectivity index (χ3n) is 4.58. The van der Waals surface area contributed by atoms with E-state index >= 15 is 0 Å². The number of ketones is 1. The van der Waals surface area contributed by atoms with Gasteiger partial charge in [0.25, 0.3) is 5.91 Å². The molecule has 0 atom stereocenters. The van der Waals surface area contributed by atoms with Crippen LogP contribution in [0.3, 0.4) is 0 Å². The Kier molecular flexibility index (Phi) is 5.60. The van der Waals surface area contributed by atoms with Gasteiger partial charge >= 0.3 is 6.18 Å². The highest BCUT2D eigenvalue weighted by Crippen LogP contribution is 2.29. The highest BCUT2D eigenvalue weighted by atomic mass is 19.4. The maximum Gasteiger partial charge on any atom is 0.416 e. The van der Waals surface area contributed by atoms with Crippen LogP contribution in [0.1, 0.15) is 26.3 Å². The fourth-order valence-electron chi connectivity index (χ4n) is 3.01. The molecule has 2 aromatic carbocycles. The minimum atomic E-state index is -4.42. The second-order valence-corrected chi connectivity index (χ2v) is 6.43. The van der Waals surface area contributed by atoms with Gasteiger partial charge in [0, 0.05) is 37.3 Å². The van der Waals surface area contributed by atoms with E-state index in [1.165, 1.54) is 12.1 Å². The Morgan fingerprint density at radius 2 is 1.41 bits per heavy atom. The van der Waals surface area contributed by atoms with Gasteiger partial charge in [0.1, 0.15) is 0 Å². The van der Waals surface area contributed by atoms with Crippen molar-refractivity contribution in [2.24, 2.45) is 0 Å². The molecular formula is C20H19F3N2O2. The number of hydrogen-bond donors (Lipinski definition) is 0. The summed E-state index contributed by atoms with van der Waals surface area (Å²) in [6, 6.07) is 13.3. The third kappa shape index (κ3) is 4.74. The lowest BCUT2D eigenvalue weighted by atomic mass is 10.1. The van der Waals surface area contributed by atoms with Crippen LogP contribution in [0, 0.1) is 0 Å². The van der Waals surface area contributed by atoms with Crippen molar-refractivity contribution in [3.05, 3.63) is 71.3 Å². The summed E-state index contributed by atoms with van der Waals surface area (Å²) in [6.45, 7) is 2.24. The number of amides is 1. The van der Waals surface area contributed by atoms with Gasteiger partial charge in [0.05, 0.1) is 12.1 Å². The minimum Gasteiger partial charge on any atom is -0.336 e. The van der Waals surface area contributed by atoms with E-state index in [9.17, 15) is 22.8 Å². The molecule has 1 aliphatic rings. The van der Waals surface area contributed by atoms with E-state index in [0.29, 0.717) is 31.7 Å². The molecular weight excluding hydrogens is 357 g/mol. The molecule has 0 radical (unpaired) electrons. The van der Waals surface area contributed by atoms with E-state index in [1.807, 2.05) is 23.1 Å². The first kappa shape index (κ1) is 19.1. The number of piperazine rings is 1. The smallest absolute Gasteiger partial charge is 0.336 e. The van der Waals surface area contributed by atoms with Gasteiger partial charge in [-0.2, -0.15) is 13.2 Å². The van der Waals surface area contributed by atoms with Crippen LogP contribution in [0.2, 0.25) is 0 Å². The molecule has 0 N–H and O–H groups in total. The zero-order valence-electron chi connectivity index (χ0n) is 14.6. The average Bonchev–Trinajstić information content (AvgIpc) is 2.68. The van der Waals surface area contributed by atoms with E-state index in [4.69, 9.17) is 0 Å². The number of nitrogens with zero attached hydrogens (tertiary/aromatic N) is 2. The maximum absolute atomic E-state index is 12.6. The summed E-state index contributed by atoms with van der Waals surface area (Å²) in [5.41, 5.74) is 0.112. The molecule has 0 spiro atoms. The van der Waals surface area contributed by atoms with E-state index in [1.54, 1.807) is 17.0 Å². The quantitative estimate of drug-likeness (QED) is 0.769. The van der Waals surface area contributed by atoms with Crippen LogP contribution in [0.15, 0.2) is 54.6 Å². The molecule has 0 aromatic heterocycles. The number of benzene rings is 2. The van der Waals surface area contributed by atoms with Crippen molar-refractivity contribution in [2.45, 2.75) is 6.18 Å². The van der Waals surface area contributed by atoms with Gasteiger partial charge in [-0.1, -0.05) is 30.3 Å². The zero-order chi connectivity index (χ0) is 19.4. The van der Waals surface area contributed by atoms with Crippen LogP contribution < -0.4 is 0 Å². The van der Waals surface area contributed by atoms with Gasteiger partial charge in [-0.3, -0.25) is 14.5 Å². The van der Waals surface area contributed by atoms with E-state index in [-0.39, 0.29) is 23.8 Å². The van der Waals surface area contributed by atoms with Crippen LogP contribution >= 0.6 is 0 Å². The first-order chi connectivity index (χ1) is 12.8. The summed E-state index contributed by atoms with van der Waals surface area (Å²) in [6.07, 6.45) is -4.42. The number of alkyl halides is 3. The van der Waals surface area contributed by atoms with Crippen molar-refractivity contribution in [1.82, 2.24) is 9.80 Å². The second kappa shape index (κ2) is 7.92. The molecule has 27 heavy (non-hydrogen) atoms. The standard InChI is InChI=1S/C20H19F3N2O2/c21-20(22,23)17-8-6-16(7-9-17)19(27)25-12-10-24(11-13-25)14-18(26)15-4-2-1-3-5-15/h1-9H,10-14H2. The molecule has 1 amide bonds. The normalized spacial score (nSPS) is 15.6. The number of halogens is 3. The molecule has 0 unspecified atom stereocenters. The van der Waals surface area contributed by atoms with E-state index in [0.717, 1.165) is 12.1 Å². The Labute approximate surface area is 155 Å². The van der Waals surface area contributed by atoms with Crippen LogP contribution in [0.25, 0.3) is 0 Å². The summed E-state index contributed by atoms with van der Waals surface area (Å²) in [7, 11) is 0. The second-order valence-electron chi connectivity index (χ2n) is 6.43. The van der Waals surface area contributed by atoms with Gasteiger partial charge in [-0.25, -0.2) is 0 Å². The number of carbonyl (C=O) groups is 2. The van der Waals surface area contributed by atoms with Crippen LogP contribution in [0.4, 0.5) is 13.2 Å². The molecule has 4 nitrogen and oxygen atoms in total. The summed E-state index contributed by atoms with van der Waals surface area (Å²) in [5.74, 6) is -0.268. The Morgan fingerprint density at radius 3 is 1.96 bits per heavy atom. The van der Waals surface area contributed by atoms with E-state index in [2.05, 4.69) is 0 Å². The topological polar surface area (TPSA) is 40.6 Å². The molecule has 1 fully saturated rings. The molecule has 0 aliphatic carbocycles. The largest absolute Gasteiger partial charge is 0.416 e. The molecule has 142 valence electrons. The lowest BCUT2D eigenvalue weighted by Crippen LogP contribution is -2.49. The first-order valence-corrected chi connectivity index (χ1v) is 8.62. The van der Waals surface area contributed by atoms with Crippen molar-refractivity contribution < 1.29 is 22.8 Å². The average molecular weight is 376 g/mol. The maximum atomic E-state index is 12.6. The van der Waals surface area contributed by atoms with Crippen LogP contribution in [-0.4, -0.2) is 54.2 Å². The number of hydrogen-bond acceptors (Lipinski definition) is 3. The van der Waals surface area contributed by atoms with Crippen LogP contribution in [0.5, 0.6) is 0 Å². The van der Waals surface area contributed by atoms with Crippen molar-refractivity contribution in [2.75, 3.05) is 32.7 Å². The predicted molar refractivity (Wildman–Crippen MR) is 94.6 cm³/mol. The molecule has 2 aromatic rings. The highest BCUT2D eigenvalue weighted by Gasteiger charge is 2.30. The Balaban J connectivity index is 1.54.